The van der Waals surface area contributed by atoms with Gasteiger partial charge in [-0.15, -0.1) is 0 Å². The highest BCUT2D eigenvalue weighted by Gasteiger charge is 2.55. The maximum absolute atomic E-state index is 11.1. The Morgan fingerprint density at radius 1 is 1.18 bits per heavy atom. The highest BCUT2D eigenvalue weighted by atomic mass is 16.4. The van der Waals surface area contributed by atoms with Crippen molar-refractivity contribution in [2.24, 2.45) is 29.1 Å². The normalized spacial score (nSPS) is 40.0. The van der Waals surface area contributed by atoms with Crippen molar-refractivity contribution in [2.75, 3.05) is 0 Å². The van der Waals surface area contributed by atoms with Gasteiger partial charge in [0.25, 0.3) is 0 Å². The van der Waals surface area contributed by atoms with Crippen LogP contribution in [0.2, 0.25) is 0 Å². The van der Waals surface area contributed by atoms with E-state index in [4.69, 9.17) is 5.11 Å². The lowest BCUT2D eigenvalue weighted by atomic mass is 9.60. The van der Waals surface area contributed by atoms with E-state index in [-0.39, 0.29) is 29.6 Å². The van der Waals surface area contributed by atoms with Gasteiger partial charge in [0.15, 0.2) is 0 Å². The Balaban J connectivity index is 1.76. The Morgan fingerprint density at radius 3 is 2.55 bits per heavy atom. The molecule has 3 rings (SSSR count). The average Bonchev–Trinajstić information content (AvgIpc) is 3.00. The Bertz CT molecular complexity index is 800. The van der Waals surface area contributed by atoms with Gasteiger partial charge < -0.3 is 25.5 Å². The molecule has 0 radical (unpaired) electrons. The lowest BCUT2D eigenvalue weighted by Crippen LogP contribution is -2.38. The summed E-state index contributed by atoms with van der Waals surface area (Å²) in [5.74, 6) is -1.00. The third-order valence-corrected chi connectivity index (χ3v) is 8.66. The molecule has 0 saturated heterocycles. The fraction of sp³-hybridized carbons (Fsp3) is 0.741. The van der Waals surface area contributed by atoms with Crippen LogP contribution in [0, 0.1) is 29.1 Å². The summed E-state index contributed by atoms with van der Waals surface area (Å²) in [5.41, 5.74) is 2.66. The number of aliphatic hydroxyl groups excluding tert-OH is 4. The molecule has 9 atom stereocenters. The van der Waals surface area contributed by atoms with E-state index in [9.17, 15) is 25.2 Å². The van der Waals surface area contributed by atoms with Crippen LogP contribution in [0.25, 0.3) is 0 Å². The molecule has 3 fully saturated rings. The average molecular weight is 463 g/mol. The lowest BCUT2D eigenvalue weighted by Gasteiger charge is -2.45. The minimum atomic E-state index is -0.887. The predicted octanol–water partition coefficient (Wildman–Crippen LogP) is 3.60. The number of hydrogen-bond donors (Lipinski definition) is 5. The molecule has 0 spiro atoms. The van der Waals surface area contributed by atoms with Gasteiger partial charge in [-0.2, -0.15) is 0 Å². The van der Waals surface area contributed by atoms with Crippen molar-refractivity contribution in [1.29, 1.82) is 0 Å². The van der Waals surface area contributed by atoms with Gasteiger partial charge in [0, 0.05) is 12.3 Å². The van der Waals surface area contributed by atoms with Crippen molar-refractivity contribution in [1.82, 2.24) is 0 Å². The predicted molar refractivity (Wildman–Crippen MR) is 127 cm³/mol. The van der Waals surface area contributed by atoms with Crippen LogP contribution in [0.4, 0.5) is 0 Å². The molecule has 186 valence electrons. The van der Waals surface area contributed by atoms with Crippen LogP contribution in [0.3, 0.4) is 0 Å². The summed E-state index contributed by atoms with van der Waals surface area (Å²) >= 11 is 0. The molecule has 3 aliphatic rings. The van der Waals surface area contributed by atoms with Crippen LogP contribution in [-0.2, 0) is 4.79 Å². The van der Waals surface area contributed by atoms with Crippen LogP contribution in [0.1, 0.15) is 72.1 Å². The summed E-state index contributed by atoms with van der Waals surface area (Å²) in [7, 11) is 0. The molecule has 0 aliphatic heterocycles. The topological polar surface area (TPSA) is 118 Å². The van der Waals surface area contributed by atoms with E-state index in [1.165, 1.54) is 5.57 Å². The van der Waals surface area contributed by atoms with Gasteiger partial charge in [-0.25, -0.2) is 0 Å². The third kappa shape index (κ3) is 5.61. The number of rotatable bonds is 7. The molecule has 1 unspecified atom stereocenters. The van der Waals surface area contributed by atoms with Crippen molar-refractivity contribution >= 4 is 5.97 Å². The van der Waals surface area contributed by atoms with Crippen LogP contribution in [0.5, 0.6) is 0 Å². The molecule has 0 bridgehead atoms. The summed E-state index contributed by atoms with van der Waals surface area (Å²) in [4.78, 5) is 11.1. The summed E-state index contributed by atoms with van der Waals surface area (Å²) in [6.07, 6.45) is 6.88. The van der Waals surface area contributed by atoms with E-state index in [0.717, 1.165) is 24.8 Å². The molecule has 0 heterocycles. The van der Waals surface area contributed by atoms with Gasteiger partial charge in [0.05, 0.1) is 30.3 Å². The van der Waals surface area contributed by atoms with Gasteiger partial charge in [0.2, 0.25) is 0 Å². The number of aliphatic hydroxyl groups is 4. The zero-order valence-corrected chi connectivity index (χ0v) is 20.3. The number of carbonyl (C=O) groups is 1. The summed E-state index contributed by atoms with van der Waals surface area (Å²) in [6, 6.07) is 0. The van der Waals surface area contributed by atoms with Gasteiger partial charge in [-0.3, -0.25) is 4.79 Å². The second-order valence-electron chi connectivity index (χ2n) is 11.2. The van der Waals surface area contributed by atoms with Crippen molar-refractivity contribution in [2.45, 2.75) is 96.6 Å². The first-order valence-corrected chi connectivity index (χ1v) is 12.5. The number of allylic oxidation sites excluding steroid dienone is 2. The molecule has 6 heteroatoms. The molecule has 5 N–H and O–H groups in total. The van der Waals surface area contributed by atoms with Crippen LogP contribution < -0.4 is 0 Å². The monoisotopic (exact) mass is 462 g/mol. The van der Waals surface area contributed by atoms with Gasteiger partial charge in [0.1, 0.15) is 0 Å². The minimum Gasteiger partial charge on any atom is -0.481 e. The van der Waals surface area contributed by atoms with Crippen LogP contribution in [0.15, 0.2) is 35.5 Å². The quantitative estimate of drug-likeness (QED) is 0.395. The number of hydrogen-bond acceptors (Lipinski definition) is 5. The third-order valence-electron chi connectivity index (χ3n) is 8.66. The van der Waals surface area contributed by atoms with Crippen molar-refractivity contribution < 1.29 is 30.3 Å². The van der Waals surface area contributed by atoms with E-state index in [1.54, 1.807) is 6.92 Å². The molecule has 3 aliphatic carbocycles. The number of carboxylic acid groups (broad SMARTS) is 1. The van der Waals surface area contributed by atoms with Gasteiger partial charge in [-0.05, 0) is 73.3 Å². The zero-order valence-electron chi connectivity index (χ0n) is 20.3. The summed E-state index contributed by atoms with van der Waals surface area (Å²) < 4.78 is 0. The Kier molecular flexibility index (Phi) is 8.26. The van der Waals surface area contributed by atoms with E-state index < -0.39 is 36.3 Å². The Morgan fingerprint density at radius 2 is 1.88 bits per heavy atom. The first-order chi connectivity index (χ1) is 15.4. The number of aliphatic carboxylic acids is 1. The second-order valence-corrected chi connectivity index (χ2v) is 11.2. The molecule has 0 aromatic rings. The van der Waals surface area contributed by atoms with Gasteiger partial charge >= 0.3 is 5.97 Å². The zero-order chi connectivity index (χ0) is 24.5. The van der Waals surface area contributed by atoms with Crippen molar-refractivity contribution in [3.63, 3.8) is 0 Å². The largest absolute Gasteiger partial charge is 0.481 e. The van der Waals surface area contributed by atoms with E-state index in [2.05, 4.69) is 26.5 Å². The van der Waals surface area contributed by atoms with E-state index >= 15 is 0 Å². The molecular formula is C27H42O6. The molecule has 6 nitrogen and oxygen atoms in total. The maximum Gasteiger partial charge on any atom is 0.306 e. The standard InChI is InChI=1S/C27H42O6/c1-15(10-20(28)11-16(2)26(32)33)22-14-24(31)25-18(6-5-9-27(22,25)4)7-8-19-12-21(29)13-23(30)17(19)3/h7-8,15-16,20-25,28-31H,3,5-6,9-14H2,1-2,4H3,(H,32,33)/t15-,16-,20-,21+,22-,23-,24?,25-,27-/m1/s1. The molecule has 0 aromatic carbocycles. The molecule has 3 saturated carbocycles. The number of fused-ring (bicyclic) bond motifs is 1. The van der Waals surface area contributed by atoms with Crippen molar-refractivity contribution in [3.05, 3.63) is 35.5 Å². The Hall–Kier alpha value is -1.47. The molecule has 0 aromatic heterocycles. The fourth-order valence-electron chi connectivity index (χ4n) is 6.91. The summed E-state index contributed by atoms with van der Waals surface area (Å²) in [5, 5.41) is 50.9. The minimum absolute atomic E-state index is 0.0392. The highest BCUT2D eigenvalue weighted by Crippen LogP contribution is 2.60. The lowest BCUT2D eigenvalue weighted by molar-refractivity contribution is -0.142. The number of carboxylic acids is 1. The highest BCUT2D eigenvalue weighted by molar-refractivity contribution is 5.69. The second kappa shape index (κ2) is 10.4. The van der Waals surface area contributed by atoms with E-state index in [0.29, 0.717) is 31.3 Å². The first kappa shape index (κ1) is 26.1. The van der Waals surface area contributed by atoms with Crippen LogP contribution >= 0.6 is 0 Å². The van der Waals surface area contributed by atoms with E-state index in [1.807, 2.05) is 6.08 Å². The first-order valence-electron chi connectivity index (χ1n) is 12.5. The molecule has 0 amide bonds. The maximum atomic E-state index is 11.1. The molecular weight excluding hydrogens is 420 g/mol. The molecule has 33 heavy (non-hydrogen) atoms. The van der Waals surface area contributed by atoms with Crippen LogP contribution in [-0.4, -0.2) is 55.9 Å². The smallest absolute Gasteiger partial charge is 0.306 e. The summed E-state index contributed by atoms with van der Waals surface area (Å²) in [6.45, 7) is 10.00. The van der Waals surface area contributed by atoms with Crippen molar-refractivity contribution in [3.8, 4) is 0 Å². The fourth-order valence-corrected chi connectivity index (χ4v) is 6.91. The Labute approximate surface area is 197 Å². The van der Waals surface area contributed by atoms with Gasteiger partial charge in [-0.1, -0.05) is 45.1 Å². The SMILES string of the molecule is C=C1C(=CC=C2CCC[C@@]3(C)[C@H]2C(O)C[C@@H]3[C@H](C)C[C@@H](O)C[C@@H](C)C(=O)O)C[C@H](O)C[C@H]1O.